The Bertz CT molecular complexity index is 1240. The normalized spacial score (nSPS) is 10.6. The number of rotatable bonds is 4. The molecule has 0 aliphatic rings. The molecule has 4 aromatic rings. The molecule has 0 spiro atoms. The van der Waals surface area contributed by atoms with E-state index in [9.17, 15) is 9.59 Å². The van der Waals surface area contributed by atoms with E-state index in [4.69, 9.17) is 10.5 Å². The smallest absolute Gasteiger partial charge is 0.350 e. The Morgan fingerprint density at radius 2 is 1.77 bits per heavy atom. The third-order valence-corrected chi connectivity index (χ3v) is 5.58. The number of ether oxygens (including phenoxy) is 1. The van der Waals surface area contributed by atoms with Crippen LogP contribution >= 0.6 is 11.3 Å². The molecule has 0 unspecified atom stereocenters. The van der Waals surface area contributed by atoms with Crippen molar-refractivity contribution >= 4 is 50.6 Å². The monoisotopic (exact) mass is 418 g/mol. The number of hydrogen-bond acceptors (Lipinski definition) is 6. The number of para-hydroxylation sites is 2. The van der Waals surface area contributed by atoms with Crippen LogP contribution in [0.4, 0.5) is 21.9 Å². The fraction of sp³-hybridized carbons (Fsp3) is 0.0455. The summed E-state index contributed by atoms with van der Waals surface area (Å²) in [6.45, 7) is 0. The second-order valence-electron chi connectivity index (χ2n) is 6.40. The minimum absolute atomic E-state index is 0.307. The van der Waals surface area contributed by atoms with Crippen molar-refractivity contribution in [3.8, 4) is 11.1 Å². The van der Waals surface area contributed by atoms with Crippen LogP contribution in [0.5, 0.6) is 0 Å². The summed E-state index contributed by atoms with van der Waals surface area (Å²) in [5.41, 5.74) is 9.82. The first kappa shape index (κ1) is 19.4. The lowest BCUT2D eigenvalue weighted by molar-refractivity contribution is 0.0607. The van der Waals surface area contributed by atoms with Crippen LogP contribution < -0.4 is 16.4 Å². The van der Waals surface area contributed by atoms with Gasteiger partial charge in [-0.2, -0.15) is 0 Å². The Kier molecular flexibility index (Phi) is 5.32. The van der Waals surface area contributed by atoms with Crippen LogP contribution in [-0.4, -0.2) is 24.1 Å². The summed E-state index contributed by atoms with van der Waals surface area (Å²) in [7, 11) is 1.31. The SMILES string of the molecule is COC(=O)c1sc2cc(-c3ccccc3NC(=O)Nc3ccccc3)cnc2c1N. The van der Waals surface area contributed by atoms with Gasteiger partial charge in [0, 0.05) is 23.0 Å². The number of thiophene rings is 1. The van der Waals surface area contributed by atoms with E-state index >= 15 is 0 Å². The zero-order valence-electron chi connectivity index (χ0n) is 16.0. The maximum Gasteiger partial charge on any atom is 0.350 e. The van der Waals surface area contributed by atoms with Crippen molar-refractivity contribution in [1.29, 1.82) is 0 Å². The predicted molar refractivity (Wildman–Crippen MR) is 120 cm³/mol. The molecule has 0 saturated carbocycles. The third-order valence-electron chi connectivity index (χ3n) is 4.45. The summed E-state index contributed by atoms with van der Waals surface area (Å²) in [6, 6.07) is 18.2. The summed E-state index contributed by atoms with van der Waals surface area (Å²) in [5.74, 6) is -0.489. The van der Waals surface area contributed by atoms with Gasteiger partial charge in [0.25, 0.3) is 0 Å². The van der Waals surface area contributed by atoms with Crippen molar-refractivity contribution in [2.75, 3.05) is 23.5 Å². The summed E-state index contributed by atoms with van der Waals surface area (Å²) in [5, 5.41) is 5.67. The van der Waals surface area contributed by atoms with Gasteiger partial charge < -0.3 is 21.1 Å². The number of nitrogens with one attached hydrogen (secondary N) is 2. The van der Waals surface area contributed by atoms with Crippen LogP contribution in [0.25, 0.3) is 21.3 Å². The van der Waals surface area contributed by atoms with Gasteiger partial charge in [-0.3, -0.25) is 4.98 Å². The van der Waals surface area contributed by atoms with Gasteiger partial charge in [-0.1, -0.05) is 36.4 Å². The van der Waals surface area contributed by atoms with E-state index in [1.807, 2.05) is 60.7 Å². The number of amides is 2. The quantitative estimate of drug-likeness (QED) is 0.406. The van der Waals surface area contributed by atoms with E-state index < -0.39 is 5.97 Å². The Morgan fingerprint density at radius 3 is 2.53 bits per heavy atom. The molecule has 2 aromatic carbocycles. The van der Waals surface area contributed by atoms with Crippen LogP contribution in [0.15, 0.2) is 66.9 Å². The summed E-state index contributed by atoms with van der Waals surface area (Å²) in [6.07, 6.45) is 1.67. The van der Waals surface area contributed by atoms with Crippen molar-refractivity contribution in [1.82, 2.24) is 4.98 Å². The first-order valence-electron chi connectivity index (χ1n) is 9.05. The zero-order chi connectivity index (χ0) is 21.1. The average Bonchev–Trinajstić information content (AvgIpc) is 3.10. The number of hydrogen-bond donors (Lipinski definition) is 3. The first-order chi connectivity index (χ1) is 14.6. The van der Waals surface area contributed by atoms with E-state index in [1.54, 1.807) is 6.20 Å². The van der Waals surface area contributed by atoms with E-state index in [1.165, 1.54) is 18.4 Å². The lowest BCUT2D eigenvalue weighted by Crippen LogP contribution is -2.19. The third kappa shape index (κ3) is 3.81. The highest BCUT2D eigenvalue weighted by molar-refractivity contribution is 7.21. The van der Waals surface area contributed by atoms with E-state index in [0.29, 0.717) is 27.5 Å². The molecule has 30 heavy (non-hydrogen) atoms. The minimum atomic E-state index is -0.489. The predicted octanol–water partition coefficient (Wildman–Crippen LogP) is 4.98. The second kappa shape index (κ2) is 8.22. The van der Waals surface area contributed by atoms with Gasteiger partial charge in [0.1, 0.15) is 10.4 Å². The molecule has 2 amide bonds. The molecule has 2 aromatic heterocycles. The van der Waals surface area contributed by atoms with Gasteiger partial charge in [-0.05, 0) is 24.3 Å². The number of aromatic nitrogens is 1. The molecule has 0 aliphatic carbocycles. The fourth-order valence-electron chi connectivity index (χ4n) is 3.04. The van der Waals surface area contributed by atoms with E-state index in [-0.39, 0.29) is 6.03 Å². The van der Waals surface area contributed by atoms with E-state index in [2.05, 4.69) is 15.6 Å². The number of carbonyl (C=O) groups excluding carboxylic acids is 2. The first-order valence-corrected chi connectivity index (χ1v) is 9.87. The van der Waals surface area contributed by atoms with Crippen molar-refractivity contribution in [2.45, 2.75) is 0 Å². The van der Waals surface area contributed by atoms with Crippen LogP contribution in [0, 0.1) is 0 Å². The van der Waals surface area contributed by atoms with Gasteiger partial charge in [0.05, 0.1) is 23.2 Å². The number of nitrogen functional groups attached to an aromatic ring is 1. The molecule has 4 rings (SSSR count). The highest BCUT2D eigenvalue weighted by atomic mass is 32.1. The number of pyridine rings is 1. The van der Waals surface area contributed by atoms with Gasteiger partial charge >= 0.3 is 12.0 Å². The standard InChI is InChI=1S/C22H18N4O3S/c1-29-21(27)20-18(23)19-17(30-20)11-13(12-24-19)15-9-5-6-10-16(15)26-22(28)25-14-7-3-2-4-8-14/h2-12H,23H2,1H3,(H2,25,26,28). The second-order valence-corrected chi connectivity index (χ2v) is 7.45. The van der Waals surface area contributed by atoms with Gasteiger partial charge in [0.15, 0.2) is 0 Å². The van der Waals surface area contributed by atoms with Crippen LogP contribution in [0.2, 0.25) is 0 Å². The molecule has 2 heterocycles. The summed E-state index contributed by atoms with van der Waals surface area (Å²) >= 11 is 1.23. The van der Waals surface area contributed by atoms with Crippen LogP contribution in [0.1, 0.15) is 9.67 Å². The highest BCUT2D eigenvalue weighted by Crippen LogP contribution is 2.36. The van der Waals surface area contributed by atoms with Gasteiger partial charge in [-0.25, -0.2) is 9.59 Å². The van der Waals surface area contributed by atoms with Crippen LogP contribution in [-0.2, 0) is 4.74 Å². The lowest BCUT2D eigenvalue weighted by atomic mass is 10.1. The van der Waals surface area contributed by atoms with Crippen molar-refractivity contribution in [3.63, 3.8) is 0 Å². The molecule has 8 heteroatoms. The van der Waals surface area contributed by atoms with E-state index in [0.717, 1.165) is 15.8 Å². The number of urea groups is 1. The Hall–Kier alpha value is -3.91. The number of esters is 1. The molecule has 0 radical (unpaired) electrons. The average molecular weight is 418 g/mol. The Balaban J connectivity index is 1.65. The Morgan fingerprint density at radius 1 is 1.03 bits per heavy atom. The molecule has 0 bridgehead atoms. The number of benzene rings is 2. The molecule has 7 nitrogen and oxygen atoms in total. The molecule has 0 atom stereocenters. The number of nitrogens with two attached hydrogens (primary N) is 1. The summed E-state index contributed by atoms with van der Waals surface area (Å²) < 4.78 is 5.54. The minimum Gasteiger partial charge on any atom is -0.465 e. The van der Waals surface area contributed by atoms with Gasteiger partial charge in [-0.15, -0.1) is 11.3 Å². The maximum atomic E-state index is 12.4. The fourth-order valence-corrected chi connectivity index (χ4v) is 4.08. The van der Waals surface area contributed by atoms with Crippen molar-refractivity contribution in [3.05, 3.63) is 71.7 Å². The molecule has 0 saturated heterocycles. The number of fused-ring (bicyclic) bond motifs is 1. The topological polar surface area (TPSA) is 106 Å². The number of methoxy groups -OCH3 is 1. The number of anilines is 3. The molecule has 4 N–H and O–H groups in total. The van der Waals surface area contributed by atoms with Gasteiger partial charge in [0.2, 0.25) is 0 Å². The molecule has 0 aliphatic heterocycles. The number of nitrogens with zero attached hydrogens (tertiary/aromatic N) is 1. The highest BCUT2D eigenvalue weighted by Gasteiger charge is 2.19. The lowest BCUT2D eigenvalue weighted by Gasteiger charge is -2.12. The Labute approximate surface area is 176 Å². The summed E-state index contributed by atoms with van der Waals surface area (Å²) in [4.78, 5) is 29.1. The zero-order valence-corrected chi connectivity index (χ0v) is 16.8. The number of carbonyl (C=O) groups is 2. The molecular weight excluding hydrogens is 400 g/mol. The molecular formula is C22H18N4O3S. The van der Waals surface area contributed by atoms with Crippen molar-refractivity contribution in [2.24, 2.45) is 0 Å². The van der Waals surface area contributed by atoms with Crippen molar-refractivity contribution < 1.29 is 14.3 Å². The van der Waals surface area contributed by atoms with Crippen LogP contribution in [0.3, 0.4) is 0 Å². The molecule has 150 valence electrons. The maximum absolute atomic E-state index is 12.4. The largest absolute Gasteiger partial charge is 0.465 e. The molecule has 0 fully saturated rings.